The minimum atomic E-state index is -0.944. The molecule has 1 aromatic carbocycles. The molecule has 0 atom stereocenters. The number of anilines is 1. The van der Waals surface area contributed by atoms with Gasteiger partial charge in [-0.1, -0.05) is 12.1 Å². The van der Waals surface area contributed by atoms with E-state index in [0.717, 1.165) is 18.2 Å². The van der Waals surface area contributed by atoms with Crippen molar-refractivity contribution in [3.63, 3.8) is 0 Å². The third kappa shape index (κ3) is 7.56. The highest BCUT2D eigenvalue weighted by atomic mass is 16.2. The smallest absolute Gasteiger partial charge is 0.338 e. The molecule has 42 heavy (non-hydrogen) atoms. The van der Waals surface area contributed by atoms with E-state index in [-0.39, 0.29) is 17.8 Å². The van der Waals surface area contributed by atoms with Gasteiger partial charge in [0, 0.05) is 57.5 Å². The van der Waals surface area contributed by atoms with Crippen LogP contribution in [0.4, 0.5) is 10.6 Å². The Balaban J connectivity index is 1.16. The van der Waals surface area contributed by atoms with Crippen LogP contribution in [-0.4, -0.2) is 93.6 Å². The van der Waals surface area contributed by atoms with E-state index in [4.69, 9.17) is 5.73 Å². The van der Waals surface area contributed by atoms with Gasteiger partial charge in [0.05, 0.1) is 11.2 Å². The summed E-state index contributed by atoms with van der Waals surface area (Å²) in [4.78, 5) is 48.1. The summed E-state index contributed by atoms with van der Waals surface area (Å²) in [6.45, 7) is 7.04. The van der Waals surface area contributed by atoms with E-state index in [0.29, 0.717) is 38.3 Å². The minimum Gasteiger partial charge on any atom is -0.338 e. The quantitative estimate of drug-likeness (QED) is 0.417. The fraction of sp³-hybridized carbons (Fsp3) is 0.613. The summed E-state index contributed by atoms with van der Waals surface area (Å²) in [6.07, 6.45) is 9.28. The zero-order valence-electron chi connectivity index (χ0n) is 25.2. The number of carbonyl (C=O) groups excluding carboxylic acids is 2. The number of amides is 3. The Morgan fingerprint density at radius 3 is 2.19 bits per heavy atom. The van der Waals surface area contributed by atoms with Gasteiger partial charge >= 0.3 is 11.7 Å². The van der Waals surface area contributed by atoms with Crippen molar-refractivity contribution in [2.45, 2.75) is 76.5 Å². The summed E-state index contributed by atoms with van der Waals surface area (Å²) in [5, 5.41) is 6.16. The molecule has 4 N–H and O–H groups in total. The second kappa shape index (κ2) is 12.9. The summed E-state index contributed by atoms with van der Waals surface area (Å²) in [7, 11) is 2.07. The van der Waals surface area contributed by atoms with Crippen molar-refractivity contribution < 1.29 is 9.59 Å². The molecular formula is C31H46N8O3. The van der Waals surface area contributed by atoms with Gasteiger partial charge in [-0.2, -0.15) is 4.98 Å². The minimum absolute atomic E-state index is 0.136. The van der Waals surface area contributed by atoms with E-state index in [2.05, 4.69) is 39.7 Å². The molecular weight excluding hydrogens is 532 g/mol. The first-order valence-electron chi connectivity index (χ1n) is 15.3. The summed E-state index contributed by atoms with van der Waals surface area (Å²) in [5.41, 5.74) is 6.51. The van der Waals surface area contributed by atoms with E-state index < -0.39 is 11.2 Å². The normalized spacial score (nSPS) is 21.5. The van der Waals surface area contributed by atoms with Crippen molar-refractivity contribution >= 4 is 17.8 Å². The van der Waals surface area contributed by atoms with Crippen LogP contribution in [0.15, 0.2) is 41.3 Å². The number of hydrogen-bond donors (Lipinski definition) is 3. The fourth-order valence-corrected chi connectivity index (χ4v) is 6.08. The molecule has 0 spiro atoms. The Bertz CT molecular complexity index is 1280. The number of nitrogens with two attached hydrogens (primary N) is 1. The van der Waals surface area contributed by atoms with Crippen LogP contribution in [-0.2, 0) is 11.3 Å². The van der Waals surface area contributed by atoms with Crippen LogP contribution in [0, 0.1) is 5.92 Å². The SMILES string of the molecule is CN[C@H]1CC[C@H](N(Cc2ccc(-n3ccc(NC(=O)N4CCN(C(=O)C(C)(C)N)CC4)nc3=O)cc2)CC2CC2)CC1. The lowest BCUT2D eigenvalue weighted by atomic mass is 9.90. The molecule has 1 aliphatic heterocycles. The number of aromatic nitrogens is 2. The number of urea groups is 1. The summed E-state index contributed by atoms with van der Waals surface area (Å²) in [5.74, 6) is 0.902. The summed E-state index contributed by atoms with van der Waals surface area (Å²) in [6, 6.07) is 10.7. The largest absolute Gasteiger partial charge is 0.354 e. The Hall–Kier alpha value is -3.28. The molecule has 11 nitrogen and oxygen atoms in total. The van der Waals surface area contributed by atoms with E-state index in [1.807, 2.05) is 12.1 Å². The topological polar surface area (TPSA) is 129 Å². The molecule has 3 aliphatic rings. The first-order valence-corrected chi connectivity index (χ1v) is 15.3. The van der Waals surface area contributed by atoms with Gasteiger partial charge in [-0.15, -0.1) is 0 Å². The first-order chi connectivity index (χ1) is 20.1. The predicted molar refractivity (Wildman–Crippen MR) is 164 cm³/mol. The molecule has 11 heteroatoms. The molecule has 2 aliphatic carbocycles. The zero-order valence-corrected chi connectivity index (χ0v) is 25.2. The van der Waals surface area contributed by atoms with Crippen molar-refractivity contribution in [2.75, 3.05) is 45.1 Å². The van der Waals surface area contributed by atoms with Crippen molar-refractivity contribution in [3.05, 3.63) is 52.6 Å². The second-order valence-electron chi connectivity index (χ2n) is 12.7. The molecule has 3 fully saturated rings. The number of benzene rings is 1. The van der Waals surface area contributed by atoms with Crippen LogP contribution in [0.25, 0.3) is 5.69 Å². The molecule has 2 aromatic rings. The zero-order chi connectivity index (χ0) is 29.9. The number of piperazine rings is 1. The summed E-state index contributed by atoms with van der Waals surface area (Å²) >= 11 is 0. The van der Waals surface area contributed by atoms with E-state index >= 15 is 0 Å². The van der Waals surface area contributed by atoms with Gasteiger partial charge in [-0.25, -0.2) is 9.59 Å². The lowest BCUT2D eigenvalue weighted by molar-refractivity contribution is -0.137. The number of carbonyl (C=O) groups is 2. The van der Waals surface area contributed by atoms with Gasteiger partial charge in [0.1, 0.15) is 5.82 Å². The second-order valence-corrected chi connectivity index (χ2v) is 12.7. The highest BCUT2D eigenvalue weighted by molar-refractivity contribution is 5.89. The highest BCUT2D eigenvalue weighted by Crippen LogP contribution is 2.33. The Morgan fingerprint density at radius 2 is 1.62 bits per heavy atom. The number of nitrogens with one attached hydrogen (secondary N) is 2. The van der Waals surface area contributed by atoms with Crippen LogP contribution >= 0.6 is 0 Å². The third-order valence-corrected chi connectivity index (χ3v) is 8.86. The monoisotopic (exact) mass is 578 g/mol. The molecule has 0 radical (unpaired) electrons. The Kier molecular flexibility index (Phi) is 9.29. The molecule has 1 aromatic heterocycles. The lowest BCUT2D eigenvalue weighted by Gasteiger charge is -2.37. The standard InChI is InChI=1S/C31H46N8O3/c1-31(2,32)28(40)36-16-18-37(19-17-36)29(41)34-27-14-15-39(30(42)35-27)26-10-6-23(7-11-26)21-38(20-22-4-5-22)25-12-8-24(33-3)9-13-25/h6-7,10-11,14-15,22,24-25,33H,4-5,8-9,12-13,16-21,32H2,1-3H3,(H,34,35,41,42)/t24-,25-. The van der Waals surface area contributed by atoms with Gasteiger partial charge in [-0.3, -0.25) is 19.6 Å². The van der Waals surface area contributed by atoms with E-state index in [1.165, 1.54) is 55.2 Å². The molecule has 1 saturated heterocycles. The maximum Gasteiger partial charge on any atom is 0.354 e. The van der Waals surface area contributed by atoms with Crippen LogP contribution in [0.1, 0.15) is 57.9 Å². The van der Waals surface area contributed by atoms with Crippen molar-refractivity contribution in [2.24, 2.45) is 11.7 Å². The van der Waals surface area contributed by atoms with Crippen LogP contribution in [0.2, 0.25) is 0 Å². The summed E-state index contributed by atoms with van der Waals surface area (Å²) < 4.78 is 1.49. The molecule has 0 bridgehead atoms. The van der Waals surface area contributed by atoms with Crippen molar-refractivity contribution in [1.29, 1.82) is 0 Å². The van der Waals surface area contributed by atoms with Crippen molar-refractivity contribution in [3.8, 4) is 5.69 Å². The maximum atomic E-state index is 12.9. The highest BCUT2D eigenvalue weighted by Gasteiger charge is 2.32. The molecule has 5 rings (SSSR count). The lowest BCUT2D eigenvalue weighted by Crippen LogP contribution is -2.58. The van der Waals surface area contributed by atoms with Crippen LogP contribution in [0.5, 0.6) is 0 Å². The Morgan fingerprint density at radius 1 is 0.976 bits per heavy atom. The van der Waals surface area contributed by atoms with Gasteiger partial charge in [0.15, 0.2) is 0 Å². The van der Waals surface area contributed by atoms with Gasteiger partial charge < -0.3 is 20.9 Å². The molecule has 228 valence electrons. The van der Waals surface area contributed by atoms with Gasteiger partial charge in [0.25, 0.3) is 0 Å². The average Bonchev–Trinajstić information content (AvgIpc) is 3.81. The van der Waals surface area contributed by atoms with E-state index in [9.17, 15) is 14.4 Å². The fourth-order valence-electron chi connectivity index (χ4n) is 6.08. The third-order valence-electron chi connectivity index (χ3n) is 8.86. The molecule has 3 amide bonds. The number of hydrogen-bond acceptors (Lipinski definition) is 7. The van der Waals surface area contributed by atoms with Crippen molar-refractivity contribution in [1.82, 2.24) is 29.6 Å². The van der Waals surface area contributed by atoms with Gasteiger partial charge in [-0.05, 0) is 89.1 Å². The first kappa shape index (κ1) is 30.2. The molecule has 0 unspecified atom stereocenters. The maximum absolute atomic E-state index is 12.9. The van der Waals surface area contributed by atoms with Crippen LogP contribution < -0.4 is 22.1 Å². The number of nitrogens with zero attached hydrogens (tertiary/aromatic N) is 5. The predicted octanol–water partition coefficient (Wildman–Crippen LogP) is 2.39. The number of rotatable bonds is 9. The Labute approximate surface area is 248 Å². The van der Waals surface area contributed by atoms with Gasteiger partial charge in [0.2, 0.25) is 5.91 Å². The van der Waals surface area contributed by atoms with Crippen LogP contribution in [0.3, 0.4) is 0 Å². The molecule has 2 heterocycles. The molecule has 2 saturated carbocycles. The average molecular weight is 579 g/mol. The van der Waals surface area contributed by atoms with E-state index in [1.54, 1.807) is 35.9 Å².